The second-order valence-electron chi connectivity index (χ2n) is 5.88. The topological polar surface area (TPSA) is 61.4 Å². The van der Waals surface area contributed by atoms with E-state index in [9.17, 15) is 9.59 Å². The first-order valence-electron chi connectivity index (χ1n) is 8.37. The summed E-state index contributed by atoms with van der Waals surface area (Å²) in [5.41, 5.74) is 6.75. The Morgan fingerprint density at radius 1 is 1.16 bits per heavy atom. The standard InChI is InChI=1S/C20H21N3O2/c1-2-15-7-6-10-17(13-15)21-19(24)14-23-20(25)12-11-18(22-23)16-8-4-3-5-9-16/h3-11,13,22H,2,12,14H2,1H3,(H,21,24). The van der Waals surface area contributed by atoms with Crippen LogP contribution < -0.4 is 10.7 Å². The molecule has 2 N–H and O–H groups in total. The van der Waals surface area contributed by atoms with E-state index in [4.69, 9.17) is 0 Å². The van der Waals surface area contributed by atoms with Crippen LogP contribution in [0.15, 0.2) is 60.7 Å². The molecule has 0 spiro atoms. The minimum atomic E-state index is -0.233. The number of hydrogen-bond acceptors (Lipinski definition) is 3. The van der Waals surface area contributed by atoms with Gasteiger partial charge in [0.2, 0.25) is 11.8 Å². The van der Waals surface area contributed by atoms with E-state index in [-0.39, 0.29) is 24.8 Å². The summed E-state index contributed by atoms with van der Waals surface area (Å²) in [5.74, 6) is -0.361. The molecule has 0 aromatic heterocycles. The Bertz CT molecular complexity index is 800. The van der Waals surface area contributed by atoms with E-state index in [0.29, 0.717) is 0 Å². The summed E-state index contributed by atoms with van der Waals surface area (Å²) in [6, 6.07) is 17.5. The maximum atomic E-state index is 12.3. The Morgan fingerprint density at radius 3 is 2.72 bits per heavy atom. The van der Waals surface area contributed by atoms with Gasteiger partial charge in [-0.3, -0.25) is 15.0 Å². The number of amides is 2. The molecule has 0 radical (unpaired) electrons. The van der Waals surface area contributed by atoms with Crippen molar-refractivity contribution >= 4 is 23.2 Å². The van der Waals surface area contributed by atoms with E-state index >= 15 is 0 Å². The molecule has 3 rings (SSSR count). The number of hydrogen-bond donors (Lipinski definition) is 2. The van der Waals surface area contributed by atoms with Gasteiger partial charge in [0.1, 0.15) is 6.54 Å². The Morgan fingerprint density at radius 2 is 1.96 bits per heavy atom. The van der Waals surface area contributed by atoms with Crippen LogP contribution in [0, 0.1) is 0 Å². The van der Waals surface area contributed by atoms with Crippen LogP contribution in [0.2, 0.25) is 0 Å². The number of nitrogens with one attached hydrogen (secondary N) is 2. The number of aryl methyl sites for hydroxylation is 1. The van der Waals surface area contributed by atoms with E-state index in [0.717, 1.165) is 28.9 Å². The second kappa shape index (κ2) is 7.66. The van der Waals surface area contributed by atoms with Crippen molar-refractivity contribution in [2.75, 3.05) is 11.9 Å². The number of nitrogens with zero attached hydrogens (tertiary/aromatic N) is 1. The van der Waals surface area contributed by atoms with Crippen LogP contribution in [0.5, 0.6) is 0 Å². The molecular weight excluding hydrogens is 314 g/mol. The number of anilines is 1. The van der Waals surface area contributed by atoms with Gasteiger partial charge in [0.25, 0.3) is 0 Å². The zero-order valence-electron chi connectivity index (χ0n) is 14.2. The third-order valence-electron chi connectivity index (χ3n) is 4.04. The van der Waals surface area contributed by atoms with Gasteiger partial charge in [-0.15, -0.1) is 0 Å². The molecule has 0 aliphatic carbocycles. The highest BCUT2D eigenvalue weighted by Crippen LogP contribution is 2.17. The third kappa shape index (κ3) is 4.26. The average molecular weight is 335 g/mol. The molecule has 1 heterocycles. The van der Waals surface area contributed by atoms with E-state index in [1.807, 2.05) is 60.7 Å². The molecular formula is C20H21N3O2. The quantitative estimate of drug-likeness (QED) is 0.883. The Kier molecular flexibility index (Phi) is 5.14. The molecule has 25 heavy (non-hydrogen) atoms. The highest BCUT2D eigenvalue weighted by Gasteiger charge is 2.22. The van der Waals surface area contributed by atoms with Gasteiger partial charge >= 0.3 is 0 Å². The molecule has 1 aliphatic heterocycles. The van der Waals surface area contributed by atoms with Crippen LogP contribution in [0.25, 0.3) is 5.70 Å². The number of carbonyl (C=O) groups is 2. The highest BCUT2D eigenvalue weighted by molar-refractivity contribution is 5.95. The maximum absolute atomic E-state index is 12.3. The predicted octanol–water partition coefficient (Wildman–Crippen LogP) is 2.97. The fourth-order valence-electron chi connectivity index (χ4n) is 2.69. The van der Waals surface area contributed by atoms with Crippen LogP contribution in [-0.2, 0) is 16.0 Å². The van der Waals surface area contributed by atoms with Crippen molar-refractivity contribution in [3.05, 3.63) is 71.8 Å². The molecule has 2 aromatic carbocycles. The lowest BCUT2D eigenvalue weighted by atomic mass is 10.1. The number of hydrazine groups is 1. The summed E-state index contributed by atoms with van der Waals surface area (Å²) in [5, 5.41) is 4.21. The average Bonchev–Trinajstić information content (AvgIpc) is 2.64. The summed E-state index contributed by atoms with van der Waals surface area (Å²) >= 11 is 0. The molecule has 0 unspecified atom stereocenters. The van der Waals surface area contributed by atoms with E-state index in [1.54, 1.807) is 0 Å². The summed E-state index contributed by atoms with van der Waals surface area (Å²) in [7, 11) is 0. The van der Waals surface area contributed by atoms with E-state index in [1.165, 1.54) is 5.01 Å². The van der Waals surface area contributed by atoms with Gasteiger partial charge in [-0.2, -0.15) is 0 Å². The van der Waals surface area contributed by atoms with E-state index in [2.05, 4.69) is 17.7 Å². The fraction of sp³-hybridized carbons (Fsp3) is 0.200. The van der Waals surface area contributed by atoms with Crippen molar-refractivity contribution in [2.45, 2.75) is 19.8 Å². The summed E-state index contributed by atoms with van der Waals surface area (Å²) in [6.45, 7) is 2.02. The van der Waals surface area contributed by atoms with Crippen LogP contribution in [0.4, 0.5) is 5.69 Å². The third-order valence-corrected chi connectivity index (χ3v) is 4.04. The summed E-state index contributed by atoms with van der Waals surface area (Å²) < 4.78 is 0. The normalized spacial score (nSPS) is 13.9. The first-order chi connectivity index (χ1) is 12.2. The Balaban J connectivity index is 1.64. The van der Waals surface area contributed by atoms with Crippen LogP contribution in [-0.4, -0.2) is 23.4 Å². The zero-order valence-corrected chi connectivity index (χ0v) is 14.2. The first-order valence-corrected chi connectivity index (χ1v) is 8.37. The minimum absolute atomic E-state index is 0.0423. The van der Waals surface area contributed by atoms with Crippen molar-refractivity contribution in [2.24, 2.45) is 0 Å². The minimum Gasteiger partial charge on any atom is -0.324 e. The molecule has 0 saturated heterocycles. The van der Waals surface area contributed by atoms with Gasteiger partial charge in [-0.05, 0) is 35.8 Å². The Labute approximate surface area is 147 Å². The molecule has 5 nitrogen and oxygen atoms in total. The van der Waals surface area contributed by atoms with Gasteiger partial charge in [0.15, 0.2) is 0 Å². The lowest BCUT2D eigenvalue weighted by Gasteiger charge is -2.28. The van der Waals surface area contributed by atoms with Crippen molar-refractivity contribution in [1.82, 2.24) is 10.4 Å². The maximum Gasteiger partial charge on any atom is 0.246 e. The largest absolute Gasteiger partial charge is 0.324 e. The van der Waals surface area contributed by atoms with Crippen molar-refractivity contribution in [3.63, 3.8) is 0 Å². The lowest BCUT2D eigenvalue weighted by molar-refractivity contribution is -0.136. The monoisotopic (exact) mass is 335 g/mol. The number of benzene rings is 2. The molecule has 1 aliphatic rings. The first kappa shape index (κ1) is 16.8. The van der Waals surface area contributed by atoms with Gasteiger partial charge in [-0.25, -0.2) is 5.01 Å². The van der Waals surface area contributed by atoms with Crippen molar-refractivity contribution in [1.29, 1.82) is 0 Å². The smallest absolute Gasteiger partial charge is 0.246 e. The second-order valence-corrected chi connectivity index (χ2v) is 5.88. The molecule has 5 heteroatoms. The Hall–Kier alpha value is -3.08. The van der Waals surface area contributed by atoms with E-state index < -0.39 is 0 Å². The zero-order chi connectivity index (χ0) is 17.6. The molecule has 2 aromatic rings. The highest BCUT2D eigenvalue weighted by atomic mass is 16.2. The van der Waals surface area contributed by atoms with Crippen LogP contribution in [0.3, 0.4) is 0 Å². The predicted molar refractivity (Wildman–Crippen MR) is 98.3 cm³/mol. The SMILES string of the molecule is CCc1cccc(NC(=O)CN2NC(c3ccccc3)=CCC2=O)c1. The molecule has 0 bridgehead atoms. The fourth-order valence-corrected chi connectivity index (χ4v) is 2.69. The molecule has 0 saturated carbocycles. The van der Waals surface area contributed by atoms with Crippen LogP contribution >= 0.6 is 0 Å². The van der Waals surface area contributed by atoms with Crippen LogP contribution in [0.1, 0.15) is 24.5 Å². The summed E-state index contributed by atoms with van der Waals surface area (Å²) in [6.07, 6.45) is 3.02. The molecule has 128 valence electrons. The van der Waals surface area contributed by atoms with Gasteiger partial charge in [-0.1, -0.05) is 49.4 Å². The van der Waals surface area contributed by atoms with Gasteiger partial charge in [0.05, 0.1) is 5.70 Å². The van der Waals surface area contributed by atoms with Gasteiger partial charge < -0.3 is 5.32 Å². The van der Waals surface area contributed by atoms with Crippen molar-refractivity contribution < 1.29 is 9.59 Å². The number of carbonyl (C=O) groups excluding carboxylic acids is 2. The van der Waals surface area contributed by atoms with Gasteiger partial charge in [0, 0.05) is 12.1 Å². The molecule has 0 fully saturated rings. The lowest BCUT2D eigenvalue weighted by Crippen LogP contribution is -2.48. The molecule has 0 atom stereocenters. The number of rotatable bonds is 5. The van der Waals surface area contributed by atoms with Crippen molar-refractivity contribution in [3.8, 4) is 0 Å². The molecule has 2 amide bonds. The summed E-state index contributed by atoms with van der Waals surface area (Å²) in [4.78, 5) is 24.4.